The Hall–Kier alpha value is -3.78. The van der Waals surface area contributed by atoms with E-state index in [4.69, 9.17) is 0 Å². The van der Waals surface area contributed by atoms with Crippen LogP contribution < -0.4 is 10.2 Å². The maximum absolute atomic E-state index is 4.65. The molecule has 1 heterocycles. The number of nitrogens with zero attached hydrogens (tertiary/aromatic N) is 1. The Balaban J connectivity index is 1.34. The highest BCUT2D eigenvalue weighted by molar-refractivity contribution is 5.96. The Morgan fingerprint density at radius 3 is 2.34 bits per heavy atom. The van der Waals surface area contributed by atoms with Crippen LogP contribution in [0.1, 0.15) is 70.4 Å². The highest BCUT2D eigenvalue weighted by Crippen LogP contribution is 2.49. The zero-order valence-corrected chi connectivity index (χ0v) is 25.4. The molecule has 1 fully saturated rings. The fourth-order valence-corrected chi connectivity index (χ4v) is 7.13. The summed E-state index contributed by atoms with van der Waals surface area (Å²) in [6, 6.07) is 22.1. The minimum Gasteiger partial charge on any atom is -0.387 e. The lowest BCUT2D eigenvalue weighted by molar-refractivity contribution is 0.347. The molecule has 0 bridgehead atoms. The molecular weight excluding hydrogens is 496 g/mol. The van der Waals surface area contributed by atoms with E-state index < -0.39 is 0 Å². The van der Waals surface area contributed by atoms with E-state index in [2.05, 4.69) is 148 Å². The van der Waals surface area contributed by atoms with Crippen LogP contribution in [-0.2, 0) is 10.8 Å². The summed E-state index contributed by atoms with van der Waals surface area (Å²) < 4.78 is 0. The summed E-state index contributed by atoms with van der Waals surface area (Å²) in [5.74, 6) is 0. The molecule has 0 saturated heterocycles. The topological polar surface area (TPSA) is 15.3 Å². The first kappa shape index (κ1) is 28.7. The van der Waals surface area contributed by atoms with E-state index in [0.29, 0.717) is 0 Å². The van der Waals surface area contributed by atoms with Gasteiger partial charge in [-0.3, -0.25) is 0 Å². The van der Waals surface area contributed by atoms with Crippen molar-refractivity contribution in [1.82, 2.24) is 0 Å². The third-order valence-corrected chi connectivity index (χ3v) is 9.26. The van der Waals surface area contributed by atoms with Crippen molar-refractivity contribution in [3.05, 3.63) is 132 Å². The number of para-hydroxylation sites is 1. The summed E-state index contributed by atoms with van der Waals surface area (Å²) in [5.41, 5.74) is 7.94. The number of fused-ring (bicyclic) bond motifs is 2. The molecule has 1 aliphatic carbocycles. The highest BCUT2D eigenvalue weighted by atomic mass is 15.2. The summed E-state index contributed by atoms with van der Waals surface area (Å²) in [5, 5.41) is 6.12. The number of nitrogens with one attached hydrogen (secondary N) is 1. The Labute approximate surface area is 247 Å². The lowest BCUT2D eigenvalue weighted by Crippen LogP contribution is -2.31. The standard InChI is InChI=1S/C39H46N2/c1-6-29-41-35-23-16-15-22-33(35)38(3,4)36(41)24-12-9-7-8-11-19-30(2)39(27-17-10-18-28-39)34-26-25-31-20-13-14-21-32(31)37(34)40-5/h7-9,11-16,19-26,40H,2,6,10,17-18,27-29H2,1,3-5H3/b8-7+,12-9+,19-11+,36-24+. The zero-order valence-electron chi connectivity index (χ0n) is 25.4. The van der Waals surface area contributed by atoms with Crippen molar-refractivity contribution >= 4 is 22.1 Å². The number of hydrogen-bond donors (Lipinski definition) is 1. The molecule has 1 aliphatic heterocycles. The number of hydrogen-bond acceptors (Lipinski definition) is 2. The van der Waals surface area contributed by atoms with Gasteiger partial charge in [0.05, 0.1) is 0 Å². The van der Waals surface area contributed by atoms with Crippen LogP contribution in [0.25, 0.3) is 10.8 Å². The van der Waals surface area contributed by atoms with Gasteiger partial charge >= 0.3 is 0 Å². The van der Waals surface area contributed by atoms with Gasteiger partial charge < -0.3 is 10.2 Å². The Morgan fingerprint density at radius 1 is 0.854 bits per heavy atom. The summed E-state index contributed by atoms with van der Waals surface area (Å²) in [4.78, 5) is 2.49. The molecule has 5 rings (SSSR count). The van der Waals surface area contributed by atoms with Crippen molar-refractivity contribution in [2.24, 2.45) is 0 Å². The fraction of sp³-hybridized carbons (Fsp3) is 0.333. The fourth-order valence-electron chi connectivity index (χ4n) is 7.13. The van der Waals surface area contributed by atoms with Gasteiger partial charge in [-0.15, -0.1) is 0 Å². The molecule has 1 saturated carbocycles. The quantitative estimate of drug-likeness (QED) is 0.271. The molecule has 2 heteroatoms. The van der Waals surface area contributed by atoms with Gasteiger partial charge in [0.1, 0.15) is 0 Å². The summed E-state index contributed by atoms with van der Waals surface area (Å²) in [6.45, 7) is 12.6. The Bertz CT molecular complexity index is 1510. The van der Waals surface area contributed by atoms with E-state index in [1.165, 1.54) is 63.8 Å². The molecule has 0 amide bonds. The van der Waals surface area contributed by atoms with Gasteiger partial charge in [-0.1, -0.05) is 138 Å². The van der Waals surface area contributed by atoms with Crippen LogP contribution in [0.4, 0.5) is 11.4 Å². The van der Waals surface area contributed by atoms with Crippen molar-refractivity contribution in [1.29, 1.82) is 0 Å². The average Bonchev–Trinajstić information content (AvgIpc) is 3.21. The van der Waals surface area contributed by atoms with Crippen LogP contribution in [0.15, 0.2) is 121 Å². The molecule has 0 unspecified atom stereocenters. The first-order valence-electron chi connectivity index (χ1n) is 15.4. The van der Waals surface area contributed by atoms with E-state index in [1.807, 2.05) is 0 Å². The summed E-state index contributed by atoms with van der Waals surface area (Å²) >= 11 is 0. The minimum absolute atomic E-state index is 0.000734. The first-order chi connectivity index (χ1) is 19.9. The molecule has 0 radical (unpaired) electrons. The van der Waals surface area contributed by atoms with Crippen LogP contribution in [0.2, 0.25) is 0 Å². The van der Waals surface area contributed by atoms with E-state index >= 15 is 0 Å². The summed E-state index contributed by atoms with van der Waals surface area (Å²) in [7, 11) is 2.05. The van der Waals surface area contributed by atoms with Gasteiger partial charge in [0.25, 0.3) is 0 Å². The molecular formula is C39H46N2. The molecule has 0 aromatic heterocycles. The van der Waals surface area contributed by atoms with Crippen LogP contribution in [0, 0.1) is 0 Å². The molecule has 2 aliphatic rings. The lowest BCUT2D eigenvalue weighted by Gasteiger charge is -2.40. The minimum atomic E-state index is -0.0307. The number of benzene rings is 3. The highest BCUT2D eigenvalue weighted by Gasteiger charge is 2.39. The Morgan fingerprint density at radius 2 is 1.56 bits per heavy atom. The van der Waals surface area contributed by atoms with Gasteiger partial charge in [-0.2, -0.15) is 0 Å². The van der Waals surface area contributed by atoms with Crippen LogP contribution >= 0.6 is 0 Å². The molecule has 2 nitrogen and oxygen atoms in total. The molecule has 3 aromatic carbocycles. The predicted octanol–water partition coefficient (Wildman–Crippen LogP) is 10.4. The molecule has 0 atom stereocenters. The van der Waals surface area contributed by atoms with E-state index in [-0.39, 0.29) is 10.8 Å². The maximum atomic E-state index is 4.65. The smallest absolute Gasteiger partial charge is 0.0458 e. The second-order valence-corrected chi connectivity index (χ2v) is 12.1. The van der Waals surface area contributed by atoms with Gasteiger partial charge in [0.2, 0.25) is 0 Å². The molecule has 1 N–H and O–H groups in total. The van der Waals surface area contributed by atoms with Crippen LogP contribution in [-0.4, -0.2) is 13.6 Å². The van der Waals surface area contributed by atoms with E-state index in [9.17, 15) is 0 Å². The number of allylic oxidation sites excluding steroid dienone is 9. The first-order valence-corrected chi connectivity index (χ1v) is 15.4. The van der Waals surface area contributed by atoms with Crippen molar-refractivity contribution in [3.8, 4) is 0 Å². The van der Waals surface area contributed by atoms with Crippen LogP contribution in [0.5, 0.6) is 0 Å². The van der Waals surface area contributed by atoms with Crippen molar-refractivity contribution in [3.63, 3.8) is 0 Å². The van der Waals surface area contributed by atoms with Crippen molar-refractivity contribution < 1.29 is 0 Å². The zero-order chi connectivity index (χ0) is 28.9. The second-order valence-electron chi connectivity index (χ2n) is 12.1. The van der Waals surface area contributed by atoms with E-state index in [0.717, 1.165) is 25.8 Å². The predicted molar refractivity (Wildman–Crippen MR) is 180 cm³/mol. The SMILES string of the molecule is C=C(/C=C/C=C/C=C/C=C1/N(CCC)c2ccccc2C1(C)C)C1(c2ccc3ccccc3c2NC)CCCCC1. The normalized spacial score (nSPS) is 19.1. The van der Waals surface area contributed by atoms with E-state index in [1.54, 1.807) is 0 Å². The Kier molecular flexibility index (Phi) is 8.68. The van der Waals surface area contributed by atoms with Gasteiger partial charge in [0, 0.05) is 46.9 Å². The number of rotatable bonds is 9. The third-order valence-electron chi connectivity index (χ3n) is 9.26. The molecule has 41 heavy (non-hydrogen) atoms. The molecule has 212 valence electrons. The third kappa shape index (κ3) is 5.45. The maximum Gasteiger partial charge on any atom is 0.0458 e. The lowest BCUT2D eigenvalue weighted by atomic mass is 9.64. The monoisotopic (exact) mass is 542 g/mol. The second kappa shape index (κ2) is 12.4. The average molecular weight is 543 g/mol. The van der Waals surface area contributed by atoms with Crippen molar-refractivity contribution in [2.75, 3.05) is 23.8 Å². The van der Waals surface area contributed by atoms with Crippen LogP contribution in [0.3, 0.4) is 0 Å². The molecule has 3 aromatic rings. The van der Waals surface area contributed by atoms with Gasteiger partial charge in [-0.05, 0) is 53.5 Å². The largest absolute Gasteiger partial charge is 0.387 e. The number of anilines is 2. The molecule has 0 spiro atoms. The van der Waals surface area contributed by atoms with Gasteiger partial charge in [0.15, 0.2) is 0 Å². The summed E-state index contributed by atoms with van der Waals surface area (Å²) in [6.07, 6.45) is 22.5. The van der Waals surface area contributed by atoms with Gasteiger partial charge in [-0.25, -0.2) is 0 Å². The van der Waals surface area contributed by atoms with Crippen molar-refractivity contribution in [2.45, 2.75) is 70.1 Å².